The number of rotatable bonds is 1. The Morgan fingerprint density at radius 2 is 2.00 bits per heavy atom. The van der Waals surface area contributed by atoms with E-state index >= 15 is 0 Å². The third-order valence-corrected chi connectivity index (χ3v) is 2.37. The average molecular weight is 166 g/mol. The minimum Gasteiger partial charge on any atom is -0.387 e. The quantitative estimate of drug-likeness (QED) is 0.485. The van der Waals surface area contributed by atoms with Gasteiger partial charge in [0.05, 0.1) is 5.60 Å². The Bertz CT molecular complexity index is 225. The van der Waals surface area contributed by atoms with Crippen molar-refractivity contribution in [3.8, 4) is 0 Å². The maximum Gasteiger partial charge on any atom is 0.277 e. The molecular formula is C4H10N2O3S. The summed E-state index contributed by atoms with van der Waals surface area (Å²) in [6, 6.07) is 0. The van der Waals surface area contributed by atoms with Crippen LogP contribution in [0.3, 0.4) is 0 Å². The zero-order valence-corrected chi connectivity index (χ0v) is 6.43. The van der Waals surface area contributed by atoms with Crippen LogP contribution in [0.1, 0.15) is 6.92 Å². The zero-order chi connectivity index (χ0) is 7.99. The molecule has 5 nitrogen and oxygen atoms in total. The highest BCUT2D eigenvalue weighted by atomic mass is 32.2. The van der Waals surface area contributed by atoms with Crippen LogP contribution in [0.5, 0.6) is 0 Å². The standard InChI is InChI=1S/C4H10N2O3S/c1-4(7)2-6(3-4)10(5,8)9/h7H,2-3H2,1H3,(H2,5,8,9). The van der Waals surface area contributed by atoms with Gasteiger partial charge in [-0.3, -0.25) is 0 Å². The fourth-order valence-electron chi connectivity index (χ4n) is 0.893. The molecule has 1 aliphatic heterocycles. The van der Waals surface area contributed by atoms with Crippen molar-refractivity contribution < 1.29 is 13.5 Å². The molecule has 0 radical (unpaired) electrons. The molecule has 0 saturated carbocycles. The zero-order valence-electron chi connectivity index (χ0n) is 5.61. The molecule has 3 N–H and O–H groups in total. The van der Waals surface area contributed by atoms with E-state index in [1.165, 1.54) is 0 Å². The van der Waals surface area contributed by atoms with E-state index in [4.69, 9.17) is 10.2 Å². The van der Waals surface area contributed by atoms with E-state index in [-0.39, 0.29) is 13.1 Å². The molecule has 0 aromatic rings. The van der Waals surface area contributed by atoms with E-state index in [0.717, 1.165) is 4.31 Å². The lowest BCUT2D eigenvalue weighted by atomic mass is 10.0. The van der Waals surface area contributed by atoms with Crippen LogP contribution in [-0.2, 0) is 10.2 Å². The second kappa shape index (κ2) is 1.91. The van der Waals surface area contributed by atoms with Crippen LogP contribution in [0.2, 0.25) is 0 Å². The number of hydrogen-bond acceptors (Lipinski definition) is 3. The number of nitrogens with two attached hydrogens (primary N) is 1. The lowest BCUT2D eigenvalue weighted by Crippen LogP contribution is -2.63. The van der Waals surface area contributed by atoms with E-state index in [1.54, 1.807) is 6.92 Å². The summed E-state index contributed by atoms with van der Waals surface area (Å²) in [5, 5.41) is 13.8. The summed E-state index contributed by atoms with van der Waals surface area (Å²) in [5.74, 6) is 0. The van der Waals surface area contributed by atoms with Crippen LogP contribution < -0.4 is 5.14 Å². The van der Waals surface area contributed by atoms with Gasteiger partial charge in [0.15, 0.2) is 0 Å². The number of β-amino-alcohol motifs (C(OH)–C–C–N with tert-alkyl or cyclic N) is 1. The van der Waals surface area contributed by atoms with Crippen molar-refractivity contribution >= 4 is 10.2 Å². The van der Waals surface area contributed by atoms with E-state index in [1.807, 2.05) is 0 Å². The monoisotopic (exact) mass is 166 g/mol. The fourth-order valence-corrected chi connectivity index (χ4v) is 1.81. The molecule has 60 valence electrons. The Balaban J connectivity index is 2.57. The van der Waals surface area contributed by atoms with Gasteiger partial charge in [0, 0.05) is 13.1 Å². The molecule has 0 aromatic heterocycles. The van der Waals surface area contributed by atoms with Gasteiger partial charge < -0.3 is 5.11 Å². The second-order valence-electron chi connectivity index (χ2n) is 2.81. The topological polar surface area (TPSA) is 83.6 Å². The largest absolute Gasteiger partial charge is 0.387 e. The Hall–Kier alpha value is -0.170. The highest BCUT2D eigenvalue weighted by molar-refractivity contribution is 7.86. The van der Waals surface area contributed by atoms with Crippen LogP contribution in [0.25, 0.3) is 0 Å². The van der Waals surface area contributed by atoms with E-state index in [0.29, 0.717) is 0 Å². The molecular weight excluding hydrogens is 156 g/mol. The maximum atomic E-state index is 10.5. The SMILES string of the molecule is CC1(O)CN(S(N)(=O)=O)C1. The third-order valence-electron chi connectivity index (χ3n) is 1.39. The average Bonchev–Trinajstić information content (AvgIpc) is 1.56. The van der Waals surface area contributed by atoms with Crippen molar-refractivity contribution in [3.05, 3.63) is 0 Å². The molecule has 6 heteroatoms. The lowest BCUT2D eigenvalue weighted by Gasteiger charge is -2.41. The van der Waals surface area contributed by atoms with E-state index in [2.05, 4.69) is 0 Å². The Labute approximate surface area is 59.6 Å². The van der Waals surface area contributed by atoms with Crippen molar-refractivity contribution in [2.75, 3.05) is 13.1 Å². The second-order valence-corrected chi connectivity index (χ2v) is 4.36. The summed E-state index contributed by atoms with van der Waals surface area (Å²) in [6.45, 7) is 1.77. The first kappa shape index (κ1) is 7.93. The van der Waals surface area contributed by atoms with Gasteiger partial charge in [0.25, 0.3) is 10.2 Å². The third kappa shape index (κ3) is 1.46. The Morgan fingerprint density at radius 1 is 1.60 bits per heavy atom. The van der Waals surface area contributed by atoms with E-state index in [9.17, 15) is 8.42 Å². The first-order chi connectivity index (χ1) is 4.31. The van der Waals surface area contributed by atoms with Gasteiger partial charge in [0.1, 0.15) is 0 Å². The predicted molar refractivity (Wildman–Crippen MR) is 35.3 cm³/mol. The number of aliphatic hydroxyl groups is 1. The number of hydrogen-bond donors (Lipinski definition) is 2. The summed E-state index contributed by atoms with van der Waals surface area (Å²) < 4.78 is 22.0. The molecule has 1 fully saturated rings. The summed E-state index contributed by atoms with van der Waals surface area (Å²) in [4.78, 5) is 0. The van der Waals surface area contributed by atoms with Gasteiger partial charge in [-0.2, -0.15) is 12.7 Å². The van der Waals surface area contributed by atoms with Crippen molar-refractivity contribution in [1.82, 2.24) is 4.31 Å². The molecule has 1 rings (SSSR count). The van der Waals surface area contributed by atoms with Crippen molar-refractivity contribution in [3.63, 3.8) is 0 Å². The highest BCUT2D eigenvalue weighted by Crippen LogP contribution is 2.20. The van der Waals surface area contributed by atoms with Gasteiger partial charge in [0.2, 0.25) is 0 Å². The minimum absolute atomic E-state index is 0.103. The van der Waals surface area contributed by atoms with Crippen molar-refractivity contribution in [1.29, 1.82) is 0 Å². The van der Waals surface area contributed by atoms with Gasteiger partial charge >= 0.3 is 0 Å². The van der Waals surface area contributed by atoms with Crippen LogP contribution in [0, 0.1) is 0 Å². The molecule has 1 heterocycles. The molecule has 10 heavy (non-hydrogen) atoms. The molecule has 0 amide bonds. The van der Waals surface area contributed by atoms with Crippen LogP contribution in [-0.4, -0.2) is 36.5 Å². The first-order valence-electron chi connectivity index (χ1n) is 2.81. The Morgan fingerprint density at radius 3 is 2.10 bits per heavy atom. The lowest BCUT2D eigenvalue weighted by molar-refractivity contribution is -0.0426. The highest BCUT2D eigenvalue weighted by Gasteiger charge is 2.41. The van der Waals surface area contributed by atoms with Gasteiger partial charge in [-0.1, -0.05) is 0 Å². The van der Waals surface area contributed by atoms with Crippen LogP contribution in [0.4, 0.5) is 0 Å². The molecule has 1 aliphatic rings. The van der Waals surface area contributed by atoms with E-state index < -0.39 is 15.8 Å². The van der Waals surface area contributed by atoms with Crippen molar-refractivity contribution in [2.45, 2.75) is 12.5 Å². The molecule has 0 aliphatic carbocycles. The van der Waals surface area contributed by atoms with Gasteiger partial charge in [-0.05, 0) is 6.92 Å². The molecule has 0 bridgehead atoms. The van der Waals surface area contributed by atoms with Gasteiger partial charge in [-0.15, -0.1) is 0 Å². The summed E-state index contributed by atoms with van der Waals surface area (Å²) in [5.41, 5.74) is -0.883. The van der Waals surface area contributed by atoms with Crippen molar-refractivity contribution in [2.24, 2.45) is 5.14 Å². The molecule has 0 atom stereocenters. The van der Waals surface area contributed by atoms with Crippen LogP contribution in [0.15, 0.2) is 0 Å². The fraction of sp³-hybridized carbons (Fsp3) is 1.00. The minimum atomic E-state index is -3.56. The smallest absolute Gasteiger partial charge is 0.277 e. The van der Waals surface area contributed by atoms with Crippen LogP contribution >= 0.6 is 0 Å². The molecule has 0 unspecified atom stereocenters. The summed E-state index contributed by atoms with van der Waals surface area (Å²) in [7, 11) is -3.56. The Kier molecular flexibility index (Phi) is 1.52. The normalized spacial score (nSPS) is 25.9. The number of nitrogens with zero attached hydrogens (tertiary/aromatic N) is 1. The predicted octanol–water partition coefficient (Wildman–Crippen LogP) is -1.74. The summed E-state index contributed by atoms with van der Waals surface area (Å²) in [6.07, 6.45) is 0. The molecule has 0 aromatic carbocycles. The maximum absolute atomic E-state index is 10.5. The molecule has 1 saturated heterocycles. The molecule has 0 spiro atoms. The first-order valence-corrected chi connectivity index (χ1v) is 4.32. The van der Waals surface area contributed by atoms with Gasteiger partial charge in [-0.25, -0.2) is 5.14 Å². The summed E-state index contributed by atoms with van der Waals surface area (Å²) >= 11 is 0.